The Morgan fingerprint density at radius 1 is 1.00 bits per heavy atom. The van der Waals surface area contributed by atoms with Crippen LogP contribution in [0.5, 0.6) is 0 Å². The number of aromatic nitrogens is 2. The Morgan fingerprint density at radius 3 is 2.24 bits per heavy atom. The van der Waals surface area contributed by atoms with Gasteiger partial charge in [-0.1, -0.05) is 13.8 Å². The first-order chi connectivity index (χ1) is 12.1. The van der Waals surface area contributed by atoms with Gasteiger partial charge in [0, 0.05) is 38.6 Å². The summed E-state index contributed by atoms with van der Waals surface area (Å²) in [6.45, 7) is 12.6. The third-order valence-electron chi connectivity index (χ3n) is 5.76. The number of likely N-dealkylation sites (N-methyl/N-ethyl adjacent to an activating group) is 1. The van der Waals surface area contributed by atoms with Crippen molar-refractivity contribution in [3.63, 3.8) is 0 Å². The summed E-state index contributed by atoms with van der Waals surface area (Å²) in [7, 11) is 2.18. The van der Waals surface area contributed by atoms with Crippen molar-refractivity contribution in [2.45, 2.75) is 45.4 Å². The van der Waals surface area contributed by atoms with E-state index in [2.05, 4.69) is 58.0 Å². The predicted octanol–water partition coefficient (Wildman–Crippen LogP) is 2.84. The Hall–Kier alpha value is -1.20. The Balaban J connectivity index is 1.45. The smallest absolute Gasteiger partial charge is 0.225 e. The molecule has 0 radical (unpaired) electrons. The maximum Gasteiger partial charge on any atom is 0.225 e. The summed E-state index contributed by atoms with van der Waals surface area (Å²) in [5.74, 6) is 2.37. The molecular weight excluding hydrogens is 310 g/mol. The van der Waals surface area contributed by atoms with E-state index in [0.717, 1.165) is 38.0 Å². The first-order valence-corrected chi connectivity index (χ1v) is 10.1. The van der Waals surface area contributed by atoms with Crippen LogP contribution in [0.4, 0.5) is 5.95 Å². The Bertz CT molecular complexity index is 499. The van der Waals surface area contributed by atoms with Gasteiger partial charge in [0.1, 0.15) is 0 Å². The van der Waals surface area contributed by atoms with E-state index in [9.17, 15) is 0 Å². The van der Waals surface area contributed by atoms with Crippen molar-refractivity contribution >= 4 is 5.95 Å². The maximum atomic E-state index is 4.67. The minimum atomic E-state index is 0.642. The number of nitrogens with zero attached hydrogens (tertiary/aromatic N) is 5. The summed E-state index contributed by atoms with van der Waals surface area (Å²) in [6.07, 6.45) is 9.35. The molecule has 2 saturated heterocycles. The summed E-state index contributed by atoms with van der Waals surface area (Å²) in [4.78, 5) is 16.7. The lowest BCUT2D eigenvalue weighted by molar-refractivity contribution is 0.206. The van der Waals surface area contributed by atoms with Gasteiger partial charge in [-0.25, -0.2) is 9.97 Å². The molecule has 1 aromatic heterocycles. The van der Waals surface area contributed by atoms with Crippen LogP contribution in [0.15, 0.2) is 12.4 Å². The summed E-state index contributed by atoms with van der Waals surface area (Å²) in [5, 5.41) is 0. The van der Waals surface area contributed by atoms with Gasteiger partial charge < -0.3 is 14.7 Å². The molecule has 2 aliphatic rings. The van der Waals surface area contributed by atoms with Crippen molar-refractivity contribution in [1.82, 2.24) is 19.8 Å². The molecule has 5 nitrogen and oxygen atoms in total. The molecule has 3 heterocycles. The molecule has 25 heavy (non-hydrogen) atoms. The summed E-state index contributed by atoms with van der Waals surface area (Å²) < 4.78 is 0. The number of piperidine rings is 1. The van der Waals surface area contributed by atoms with Crippen LogP contribution < -0.4 is 4.90 Å². The van der Waals surface area contributed by atoms with Gasteiger partial charge in [0.05, 0.1) is 0 Å². The molecule has 0 amide bonds. The predicted molar refractivity (Wildman–Crippen MR) is 104 cm³/mol. The lowest BCUT2D eigenvalue weighted by Crippen LogP contribution is -2.45. The van der Waals surface area contributed by atoms with Gasteiger partial charge in [-0.05, 0) is 69.8 Å². The molecule has 2 fully saturated rings. The SMILES string of the molecule is CC(C)CCCN1CCC(c2cnc(N3CCN(C)CC3)nc2)CC1. The normalized spacial score (nSPS) is 21.2. The van der Waals surface area contributed by atoms with Crippen LogP contribution in [0, 0.1) is 5.92 Å². The average Bonchev–Trinajstić information content (AvgIpc) is 2.63. The van der Waals surface area contributed by atoms with E-state index in [1.54, 1.807) is 0 Å². The van der Waals surface area contributed by atoms with Crippen LogP contribution in [-0.2, 0) is 0 Å². The lowest BCUT2D eigenvalue weighted by atomic mass is 9.91. The average molecular weight is 346 g/mol. The molecule has 0 spiro atoms. The van der Waals surface area contributed by atoms with E-state index >= 15 is 0 Å². The topological polar surface area (TPSA) is 35.5 Å². The second-order valence-corrected chi connectivity index (χ2v) is 8.26. The molecule has 0 aliphatic carbocycles. The van der Waals surface area contributed by atoms with E-state index in [4.69, 9.17) is 0 Å². The van der Waals surface area contributed by atoms with Crippen LogP contribution >= 0.6 is 0 Å². The zero-order chi connectivity index (χ0) is 17.6. The summed E-state index contributed by atoms with van der Waals surface area (Å²) >= 11 is 0. The molecule has 3 rings (SSSR count). The number of hydrogen-bond acceptors (Lipinski definition) is 5. The molecule has 0 aromatic carbocycles. The van der Waals surface area contributed by atoms with Gasteiger partial charge >= 0.3 is 0 Å². The van der Waals surface area contributed by atoms with Crippen molar-refractivity contribution in [3.8, 4) is 0 Å². The molecule has 140 valence electrons. The Kier molecular flexibility index (Phi) is 6.65. The third kappa shape index (κ3) is 5.38. The molecule has 2 aliphatic heterocycles. The van der Waals surface area contributed by atoms with Gasteiger partial charge in [0.25, 0.3) is 0 Å². The van der Waals surface area contributed by atoms with Gasteiger partial charge in [-0.2, -0.15) is 0 Å². The van der Waals surface area contributed by atoms with Crippen molar-refractivity contribution in [2.75, 3.05) is 57.8 Å². The highest BCUT2D eigenvalue weighted by Gasteiger charge is 2.22. The first-order valence-electron chi connectivity index (χ1n) is 10.1. The molecule has 5 heteroatoms. The molecule has 0 bridgehead atoms. The summed E-state index contributed by atoms with van der Waals surface area (Å²) in [5.41, 5.74) is 1.33. The molecule has 0 N–H and O–H groups in total. The largest absolute Gasteiger partial charge is 0.338 e. The van der Waals surface area contributed by atoms with E-state index in [-0.39, 0.29) is 0 Å². The summed E-state index contributed by atoms with van der Waals surface area (Å²) in [6, 6.07) is 0. The van der Waals surface area contributed by atoms with E-state index in [0.29, 0.717) is 5.92 Å². The fraction of sp³-hybridized carbons (Fsp3) is 0.800. The zero-order valence-electron chi connectivity index (χ0n) is 16.3. The maximum absolute atomic E-state index is 4.67. The second-order valence-electron chi connectivity index (χ2n) is 8.26. The minimum absolute atomic E-state index is 0.642. The van der Waals surface area contributed by atoms with Gasteiger partial charge in [0.15, 0.2) is 0 Å². The van der Waals surface area contributed by atoms with Gasteiger partial charge in [0.2, 0.25) is 5.95 Å². The van der Waals surface area contributed by atoms with Crippen molar-refractivity contribution in [1.29, 1.82) is 0 Å². The number of hydrogen-bond donors (Lipinski definition) is 0. The van der Waals surface area contributed by atoms with Crippen LogP contribution in [0.25, 0.3) is 0 Å². The fourth-order valence-corrected chi connectivity index (χ4v) is 3.92. The third-order valence-corrected chi connectivity index (χ3v) is 5.76. The van der Waals surface area contributed by atoms with Crippen LogP contribution in [0.1, 0.15) is 51.0 Å². The van der Waals surface area contributed by atoms with Crippen molar-refractivity contribution < 1.29 is 0 Å². The molecule has 0 unspecified atom stereocenters. The monoisotopic (exact) mass is 345 g/mol. The highest BCUT2D eigenvalue weighted by Crippen LogP contribution is 2.28. The number of piperazine rings is 1. The van der Waals surface area contributed by atoms with E-state index in [1.165, 1.54) is 50.9 Å². The van der Waals surface area contributed by atoms with Crippen LogP contribution in [-0.4, -0.2) is 72.6 Å². The number of likely N-dealkylation sites (tertiary alicyclic amines) is 1. The van der Waals surface area contributed by atoms with Crippen LogP contribution in [0.3, 0.4) is 0 Å². The highest BCUT2D eigenvalue weighted by molar-refractivity contribution is 5.31. The number of anilines is 1. The Morgan fingerprint density at radius 2 is 1.64 bits per heavy atom. The number of rotatable bonds is 6. The van der Waals surface area contributed by atoms with Crippen molar-refractivity contribution in [3.05, 3.63) is 18.0 Å². The molecule has 1 aromatic rings. The molecule has 0 atom stereocenters. The fourth-order valence-electron chi connectivity index (χ4n) is 3.92. The lowest BCUT2D eigenvalue weighted by Gasteiger charge is -2.33. The molecular formula is C20H35N5. The Labute approximate surface area is 153 Å². The van der Waals surface area contributed by atoms with E-state index < -0.39 is 0 Å². The zero-order valence-corrected chi connectivity index (χ0v) is 16.3. The highest BCUT2D eigenvalue weighted by atomic mass is 15.3. The van der Waals surface area contributed by atoms with E-state index in [1.807, 2.05) is 0 Å². The standard InChI is InChI=1S/C20H35N5/c1-17(2)5-4-8-24-9-6-18(7-10-24)19-15-21-20(22-16-19)25-13-11-23(3)12-14-25/h15-18H,4-14H2,1-3H3. The second kappa shape index (κ2) is 8.95. The quantitative estimate of drug-likeness (QED) is 0.792. The first kappa shape index (κ1) is 18.6. The van der Waals surface area contributed by atoms with Crippen LogP contribution in [0.2, 0.25) is 0 Å². The van der Waals surface area contributed by atoms with Gasteiger partial charge in [-0.3, -0.25) is 0 Å². The minimum Gasteiger partial charge on any atom is -0.338 e. The van der Waals surface area contributed by atoms with Crippen molar-refractivity contribution in [2.24, 2.45) is 5.92 Å². The molecule has 0 saturated carbocycles. The van der Waals surface area contributed by atoms with Gasteiger partial charge in [-0.15, -0.1) is 0 Å².